The minimum atomic E-state index is -5.82. The normalized spacial score (nSPS) is 25.2. The number of aliphatic hydroxyl groups excluding tert-OH is 9. The number of esters is 4. The fraction of sp³-hybridized carbons (Fsp3) is 0.916. The van der Waals surface area contributed by atoms with E-state index in [9.17, 15) is 74.6 Å². The van der Waals surface area contributed by atoms with Crippen LogP contribution in [0.3, 0.4) is 0 Å². The quantitative estimate of drug-likeness (QED) is 0.00889. The van der Waals surface area contributed by atoms with E-state index in [4.69, 9.17) is 46.9 Å². The van der Waals surface area contributed by atoms with Crippen LogP contribution in [0.15, 0.2) is 24.3 Å². The first-order chi connectivity index (χ1) is 58.5. The Morgan fingerprint density at radius 1 is 0.347 bits per heavy atom. The zero-order valence-electron chi connectivity index (χ0n) is 76.2. The van der Waals surface area contributed by atoms with Crippen molar-refractivity contribution in [2.45, 2.75) is 518 Å². The van der Waals surface area contributed by atoms with Crippen molar-refractivity contribution < 1.29 is 122 Å². The topological polar surface area (TPSA) is 380 Å². The summed E-state index contributed by atoms with van der Waals surface area (Å²) in [6.07, 6.45) is 30.1. The van der Waals surface area contributed by atoms with E-state index >= 15 is 0 Å². The van der Waals surface area contributed by atoms with Gasteiger partial charge in [-0.25, -0.2) is 4.57 Å². The molecule has 20 unspecified atom stereocenters. The predicted molar refractivity (Wildman–Crippen MR) is 472 cm³/mol. The van der Waals surface area contributed by atoms with Crippen LogP contribution in [0.5, 0.6) is 0 Å². The Morgan fingerprint density at radius 3 is 1.07 bits per heavy atom. The highest BCUT2D eigenvalue weighted by atomic mass is 31.2. The minimum absolute atomic E-state index is 0.00841. The molecule has 1 aliphatic carbocycles. The Kier molecular flexibility index (Phi) is 66.6. The molecule has 121 heavy (non-hydrogen) atoms. The number of carbonyl (C=O) groups is 4. The molecule has 3 aliphatic rings. The lowest BCUT2D eigenvalue weighted by Crippen LogP contribution is -2.70. The summed E-state index contributed by atoms with van der Waals surface area (Å²) < 4.78 is 73.6. The van der Waals surface area contributed by atoms with Crippen LogP contribution in [0.4, 0.5) is 0 Å². The summed E-state index contributed by atoms with van der Waals surface area (Å²) in [5, 5.41) is 103. The summed E-state index contributed by atoms with van der Waals surface area (Å²) in [7, 11) is -5.82. The van der Waals surface area contributed by atoms with Gasteiger partial charge < -0.3 is 88.7 Å². The lowest BCUT2D eigenvalue weighted by atomic mass is 9.84. The van der Waals surface area contributed by atoms with Gasteiger partial charge in [-0.15, -0.1) is 0 Å². The molecule has 0 spiro atoms. The van der Waals surface area contributed by atoms with E-state index in [2.05, 4.69) is 65.8 Å². The smallest absolute Gasteiger partial charge is 0.463 e. The molecule has 0 aromatic heterocycles. The number of phosphoric ester groups is 1. The second-order valence-corrected chi connectivity index (χ2v) is 36.9. The highest BCUT2D eigenvalue weighted by Gasteiger charge is 2.60. The minimum Gasteiger partial charge on any atom is -0.463 e. The summed E-state index contributed by atoms with van der Waals surface area (Å²) in [5.74, 6) is -1.61. The Hall–Kier alpha value is -3.05. The maximum atomic E-state index is 14.9. The van der Waals surface area contributed by atoms with Crippen LogP contribution in [0.25, 0.3) is 0 Å². The maximum Gasteiger partial charge on any atom is 0.472 e. The fourth-order valence-electron chi connectivity index (χ4n) is 16.3. The number of phosphoric acid groups is 1. The molecule has 3 fully saturated rings. The van der Waals surface area contributed by atoms with Crippen LogP contribution in [0, 0.1) is 11.8 Å². The molecule has 20 atom stereocenters. The average Bonchev–Trinajstić information content (AvgIpc) is 0.754. The van der Waals surface area contributed by atoms with Gasteiger partial charge in [-0.05, 0) is 88.9 Å². The second kappa shape index (κ2) is 71.8. The van der Waals surface area contributed by atoms with Gasteiger partial charge in [0, 0.05) is 25.7 Å². The zero-order valence-corrected chi connectivity index (χ0v) is 77.1. The molecule has 0 radical (unpaired) electrons. The maximum absolute atomic E-state index is 14.9. The van der Waals surface area contributed by atoms with E-state index in [1.165, 1.54) is 154 Å². The Labute approximate surface area is 730 Å². The van der Waals surface area contributed by atoms with Gasteiger partial charge >= 0.3 is 31.7 Å². The molecule has 0 bridgehead atoms. The van der Waals surface area contributed by atoms with E-state index in [0.29, 0.717) is 43.9 Å². The van der Waals surface area contributed by atoms with E-state index in [1.807, 2.05) is 0 Å². The molecule has 10 N–H and O–H groups in total. The van der Waals surface area contributed by atoms with Crippen LogP contribution in [-0.2, 0) is 70.7 Å². The SMILES string of the molecule is CCCCCC/C=C\CCCCCCCCCC(=O)OCC1OC(OC2C(OC(=O)CCCCCCCCC/C=C\CCCCCC)C(O)C(O)C(OC3OC(CO)C(O)C(O)C3O)C2OP(=O)(O)OCC(COC(=O)CCCCCCCCC(C)CCCCCCCC)OC(=O)CCCCCCCCC(C)CCCCCCCC)C(O)C(O)C1O. The molecule has 2 saturated heterocycles. The molecule has 2 aliphatic heterocycles. The van der Waals surface area contributed by atoms with Gasteiger partial charge in [-0.1, -0.05) is 336 Å². The molecule has 2 heterocycles. The Bertz CT molecular complexity index is 2640. The molecule has 0 aromatic carbocycles. The second-order valence-electron chi connectivity index (χ2n) is 35.5. The van der Waals surface area contributed by atoms with E-state index in [1.54, 1.807) is 0 Å². The lowest BCUT2D eigenvalue weighted by molar-refractivity contribution is -0.360. The van der Waals surface area contributed by atoms with Gasteiger partial charge in [-0.3, -0.25) is 28.2 Å². The summed E-state index contributed by atoms with van der Waals surface area (Å²) in [5.41, 5.74) is 0. The number of hydrogen-bond donors (Lipinski definition) is 10. The average molecular weight is 1750 g/mol. The summed E-state index contributed by atoms with van der Waals surface area (Å²) in [6.45, 7) is 10.2. The van der Waals surface area contributed by atoms with Crippen molar-refractivity contribution in [2.24, 2.45) is 11.8 Å². The third kappa shape index (κ3) is 52.3. The number of allylic oxidation sites excluding steroid dienone is 4. The van der Waals surface area contributed by atoms with Crippen LogP contribution < -0.4 is 0 Å². The van der Waals surface area contributed by atoms with Crippen molar-refractivity contribution in [3.63, 3.8) is 0 Å². The summed E-state index contributed by atoms with van der Waals surface area (Å²) in [6, 6.07) is 0. The largest absolute Gasteiger partial charge is 0.472 e. The highest BCUT2D eigenvalue weighted by molar-refractivity contribution is 7.47. The summed E-state index contributed by atoms with van der Waals surface area (Å²) >= 11 is 0. The van der Waals surface area contributed by atoms with Crippen LogP contribution in [0.1, 0.15) is 414 Å². The molecule has 26 heteroatoms. The van der Waals surface area contributed by atoms with Crippen molar-refractivity contribution >= 4 is 31.7 Å². The van der Waals surface area contributed by atoms with Gasteiger partial charge in [0.2, 0.25) is 0 Å². The molecule has 710 valence electrons. The van der Waals surface area contributed by atoms with Crippen LogP contribution >= 0.6 is 7.82 Å². The lowest BCUT2D eigenvalue weighted by Gasteiger charge is -2.50. The first kappa shape index (κ1) is 112. The predicted octanol–water partition coefficient (Wildman–Crippen LogP) is 18.6. The molecule has 0 amide bonds. The number of carbonyl (C=O) groups excluding carboxylic acids is 4. The van der Waals surface area contributed by atoms with Crippen LogP contribution in [-0.4, -0.2) is 205 Å². The van der Waals surface area contributed by atoms with E-state index in [-0.39, 0.29) is 25.7 Å². The van der Waals surface area contributed by atoms with Gasteiger partial charge in [-0.2, -0.15) is 0 Å². The molecular formula is C95H175O25P. The van der Waals surface area contributed by atoms with Crippen molar-refractivity contribution in [2.75, 3.05) is 26.4 Å². The van der Waals surface area contributed by atoms with Gasteiger partial charge in [0.05, 0.1) is 13.2 Å². The third-order valence-electron chi connectivity index (χ3n) is 24.2. The first-order valence-electron chi connectivity index (χ1n) is 48.9. The van der Waals surface area contributed by atoms with Crippen LogP contribution in [0.2, 0.25) is 0 Å². The summed E-state index contributed by atoms with van der Waals surface area (Å²) in [4.78, 5) is 66.7. The third-order valence-corrected chi connectivity index (χ3v) is 25.2. The monoisotopic (exact) mass is 1750 g/mol. The molecule has 25 nitrogen and oxygen atoms in total. The number of hydrogen-bond acceptors (Lipinski definition) is 24. The number of unbranched alkanes of at least 4 members (excludes halogenated alkanes) is 42. The highest BCUT2D eigenvalue weighted by Crippen LogP contribution is 2.49. The molecule has 0 aromatic rings. The Morgan fingerprint density at radius 2 is 0.669 bits per heavy atom. The molecule has 1 saturated carbocycles. The van der Waals surface area contributed by atoms with Crippen molar-refractivity contribution in [3.8, 4) is 0 Å². The molecule has 3 rings (SSSR count). The Balaban J connectivity index is 1.92. The van der Waals surface area contributed by atoms with Gasteiger partial charge in [0.25, 0.3) is 0 Å². The number of rotatable bonds is 78. The first-order valence-corrected chi connectivity index (χ1v) is 50.3. The number of aliphatic hydroxyl groups is 9. The van der Waals surface area contributed by atoms with E-state index in [0.717, 1.165) is 161 Å². The van der Waals surface area contributed by atoms with Crippen molar-refractivity contribution in [3.05, 3.63) is 24.3 Å². The standard InChI is InChI=1S/C95H175O25P/c1-7-11-15-19-23-25-27-29-31-33-35-37-39-49-58-66-79(98)112-72-77-83(102)85(104)89(108)95(116-77)119-92-90(117-81(100)68-60-51-40-38-36-34-32-30-28-26-24-20-16-12-8-2)86(105)87(106)91(118-94-88(107)84(103)82(101)76(69-96)115-94)93(92)120-121(109,110)113-71-75(114-80(99)67-59-52-44-42-48-56-64-74(6)62-54-46-22-18-14-10-4)70-111-78(97)65-57-50-43-41-47-55-63-73(5)61-53-45-21-17-13-9-3/h25-28,73-77,82-96,101-108H,7-24,29-72H2,1-6H3,(H,109,110)/b27-25-,28-26-. The van der Waals surface area contributed by atoms with E-state index < -0.39 is 162 Å². The van der Waals surface area contributed by atoms with Gasteiger partial charge in [0.15, 0.2) is 24.8 Å². The van der Waals surface area contributed by atoms with Gasteiger partial charge in [0.1, 0.15) is 92.6 Å². The zero-order chi connectivity index (χ0) is 88.5. The fourth-order valence-corrected chi connectivity index (χ4v) is 17.2. The molecular weight excluding hydrogens is 1570 g/mol. The number of ether oxygens (including phenoxy) is 8. The van der Waals surface area contributed by atoms with Crippen molar-refractivity contribution in [1.82, 2.24) is 0 Å². The van der Waals surface area contributed by atoms with Crippen molar-refractivity contribution in [1.29, 1.82) is 0 Å².